The first kappa shape index (κ1) is 11.4. The summed E-state index contributed by atoms with van der Waals surface area (Å²) in [6.07, 6.45) is 0.404. The zero-order chi connectivity index (χ0) is 8.27. The molecule has 1 rings (SSSR count). The number of nitriles is 1. The van der Waals surface area contributed by atoms with Crippen molar-refractivity contribution < 1.29 is 0 Å². The average Bonchev–Trinajstić information content (AvgIpc) is 2.36. The highest BCUT2D eigenvalue weighted by Gasteiger charge is 2.08. The molecular weight excluding hydrogens is 192 g/mol. The van der Waals surface area contributed by atoms with E-state index in [4.69, 9.17) is 11.0 Å². The fourth-order valence-electron chi connectivity index (χ4n) is 0.955. The van der Waals surface area contributed by atoms with Gasteiger partial charge in [0.25, 0.3) is 0 Å². The van der Waals surface area contributed by atoms with Crippen molar-refractivity contribution in [1.29, 1.82) is 5.26 Å². The van der Waals surface area contributed by atoms with Crippen molar-refractivity contribution in [2.24, 2.45) is 5.73 Å². The number of halogens is 1. The summed E-state index contributed by atoms with van der Waals surface area (Å²) < 4.78 is 0. The van der Waals surface area contributed by atoms with E-state index < -0.39 is 0 Å². The molecule has 1 aromatic heterocycles. The number of nitrogens with zero attached hydrogens (tertiary/aromatic N) is 1. The van der Waals surface area contributed by atoms with Gasteiger partial charge in [-0.3, -0.25) is 0 Å². The van der Waals surface area contributed by atoms with Crippen LogP contribution in [0, 0.1) is 18.3 Å². The van der Waals surface area contributed by atoms with Crippen LogP contribution in [0.5, 0.6) is 0 Å². The molecule has 0 aliphatic rings. The van der Waals surface area contributed by atoms with Crippen LogP contribution >= 0.6 is 23.7 Å². The maximum atomic E-state index is 8.40. The van der Waals surface area contributed by atoms with E-state index in [1.807, 2.05) is 18.4 Å². The largest absolute Gasteiger partial charge is 0.322 e. The molecule has 1 heterocycles. The van der Waals surface area contributed by atoms with Crippen molar-refractivity contribution >= 4 is 23.7 Å². The highest BCUT2D eigenvalue weighted by atomic mass is 35.5. The third-order valence-corrected chi connectivity index (χ3v) is 2.70. The molecule has 0 saturated heterocycles. The van der Waals surface area contributed by atoms with Crippen molar-refractivity contribution in [1.82, 2.24) is 0 Å². The first-order valence-electron chi connectivity index (χ1n) is 3.42. The Kier molecular flexibility index (Phi) is 4.91. The minimum Gasteiger partial charge on any atom is -0.322 e. The van der Waals surface area contributed by atoms with Crippen molar-refractivity contribution in [3.8, 4) is 6.07 Å². The number of aryl methyl sites for hydroxylation is 1. The summed E-state index contributed by atoms with van der Waals surface area (Å²) in [4.78, 5) is 1.13. The lowest BCUT2D eigenvalue weighted by Gasteiger charge is -2.04. The van der Waals surface area contributed by atoms with Crippen LogP contribution in [0.3, 0.4) is 0 Å². The fraction of sp³-hybridized carbons (Fsp3) is 0.375. The Morgan fingerprint density at radius 2 is 2.42 bits per heavy atom. The van der Waals surface area contributed by atoms with Crippen molar-refractivity contribution in [3.63, 3.8) is 0 Å². The van der Waals surface area contributed by atoms with Crippen molar-refractivity contribution in [2.45, 2.75) is 19.4 Å². The quantitative estimate of drug-likeness (QED) is 0.801. The van der Waals surface area contributed by atoms with Gasteiger partial charge >= 0.3 is 0 Å². The summed E-state index contributed by atoms with van der Waals surface area (Å²) in [5.74, 6) is 0. The van der Waals surface area contributed by atoms with E-state index >= 15 is 0 Å². The van der Waals surface area contributed by atoms with Gasteiger partial charge in [0.1, 0.15) is 0 Å². The summed E-state index contributed by atoms with van der Waals surface area (Å²) in [6.45, 7) is 2.02. The van der Waals surface area contributed by atoms with Crippen LogP contribution in [-0.2, 0) is 0 Å². The highest BCUT2D eigenvalue weighted by molar-refractivity contribution is 7.10. The molecule has 0 spiro atoms. The van der Waals surface area contributed by atoms with E-state index in [-0.39, 0.29) is 18.4 Å². The number of thiophene rings is 1. The predicted molar refractivity (Wildman–Crippen MR) is 53.5 cm³/mol. The lowest BCUT2D eigenvalue weighted by molar-refractivity contribution is 0.759. The minimum absolute atomic E-state index is 0. The molecule has 0 unspecified atom stereocenters. The Labute approximate surface area is 82.4 Å². The average molecular weight is 203 g/mol. The maximum Gasteiger partial charge on any atom is 0.0642 e. The topological polar surface area (TPSA) is 49.8 Å². The van der Waals surface area contributed by atoms with Crippen LogP contribution in [0.25, 0.3) is 0 Å². The van der Waals surface area contributed by atoms with Crippen LogP contribution in [-0.4, -0.2) is 0 Å². The molecule has 66 valence electrons. The minimum atomic E-state index is -0.0972. The van der Waals surface area contributed by atoms with Gasteiger partial charge in [-0.1, -0.05) is 0 Å². The molecule has 1 aromatic rings. The monoisotopic (exact) mass is 202 g/mol. The summed E-state index contributed by atoms with van der Waals surface area (Å²) in [6, 6.07) is 3.99. The fourth-order valence-corrected chi connectivity index (χ4v) is 1.89. The SMILES string of the molecule is Cc1ccsc1[C@H](N)CC#N.Cl. The van der Waals surface area contributed by atoms with Gasteiger partial charge in [-0.2, -0.15) is 5.26 Å². The molecule has 4 heteroatoms. The van der Waals surface area contributed by atoms with E-state index in [1.54, 1.807) is 11.3 Å². The second-order valence-corrected chi connectivity index (χ2v) is 3.38. The Hall–Kier alpha value is -0.560. The predicted octanol–water partition coefficient (Wildman–Crippen LogP) is 2.39. The molecule has 0 amide bonds. The van der Waals surface area contributed by atoms with E-state index in [0.717, 1.165) is 4.88 Å². The lowest BCUT2D eigenvalue weighted by Crippen LogP contribution is -2.08. The third kappa shape index (κ3) is 2.49. The van der Waals surface area contributed by atoms with Gasteiger partial charge in [-0.25, -0.2) is 0 Å². The van der Waals surface area contributed by atoms with Crippen LogP contribution in [0.15, 0.2) is 11.4 Å². The Bertz CT molecular complexity index is 277. The molecule has 0 saturated carbocycles. The van der Waals surface area contributed by atoms with E-state index in [1.165, 1.54) is 5.56 Å². The lowest BCUT2D eigenvalue weighted by atomic mass is 10.1. The molecule has 2 nitrogen and oxygen atoms in total. The summed E-state index contributed by atoms with van der Waals surface area (Å²) in [5, 5.41) is 10.4. The maximum absolute atomic E-state index is 8.40. The van der Waals surface area contributed by atoms with Gasteiger partial charge in [0.2, 0.25) is 0 Å². The van der Waals surface area contributed by atoms with E-state index in [9.17, 15) is 0 Å². The number of rotatable bonds is 2. The van der Waals surface area contributed by atoms with Gasteiger partial charge in [-0.05, 0) is 23.9 Å². The molecule has 0 fully saturated rings. The first-order valence-corrected chi connectivity index (χ1v) is 4.30. The van der Waals surface area contributed by atoms with E-state index in [2.05, 4.69) is 6.07 Å². The summed E-state index contributed by atoms with van der Waals surface area (Å²) >= 11 is 1.62. The molecule has 2 N–H and O–H groups in total. The summed E-state index contributed by atoms with van der Waals surface area (Å²) in [7, 11) is 0. The van der Waals surface area contributed by atoms with Gasteiger partial charge in [0, 0.05) is 4.88 Å². The van der Waals surface area contributed by atoms with Gasteiger partial charge in [-0.15, -0.1) is 23.7 Å². The molecule has 0 aliphatic heterocycles. The third-order valence-electron chi connectivity index (χ3n) is 1.55. The first-order chi connectivity index (χ1) is 5.25. The Morgan fingerprint density at radius 1 is 1.75 bits per heavy atom. The molecule has 0 aliphatic carbocycles. The second kappa shape index (κ2) is 5.15. The molecule has 0 bridgehead atoms. The van der Waals surface area contributed by atoms with Crippen LogP contribution in [0.1, 0.15) is 22.9 Å². The standard InChI is InChI=1S/C8H10N2S.ClH/c1-6-3-5-11-8(6)7(10)2-4-9;/h3,5,7H,2,10H2,1H3;1H/t7-;/m1./s1. The van der Waals surface area contributed by atoms with Gasteiger partial charge < -0.3 is 5.73 Å². The smallest absolute Gasteiger partial charge is 0.0642 e. The van der Waals surface area contributed by atoms with Gasteiger partial charge in [0.05, 0.1) is 18.5 Å². The van der Waals surface area contributed by atoms with Crippen LogP contribution in [0.4, 0.5) is 0 Å². The zero-order valence-electron chi connectivity index (χ0n) is 6.78. The Balaban J connectivity index is 0.00000121. The zero-order valence-corrected chi connectivity index (χ0v) is 8.41. The van der Waals surface area contributed by atoms with Crippen LogP contribution in [0.2, 0.25) is 0 Å². The van der Waals surface area contributed by atoms with Crippen LogP contribution < -0.4 is 5.73 Å². The molecule has 12 heavy (non-hydrogen) atoms. The number of hydrogen-bond donors (Lipinski definition) is 1. The number of nitrogens with two attached hydrogens (primary N) is 1. The van der Waals surface area contributed by atoms with Crippen molar-refractivity contribution in [2.75, 3.05) is 0 Å². The molecule has 0 aromatic carbocycles. The second-order valence-electron chi connectivity index (χ2n) is 2.44. The van der Waals surface area contributed by atoms with Crippen molar-refractivity contribution in [3.05, 3.63) is 21.9 Å². The highest BCUT2D eigenvalue weighted by Crippen LogP contribution is 2.23. The number of hydrogen-bond acceptors (Lipinski definition) is 3. The molecular formula is C8H11ClN2S. The molecule has 0 radical (unpaired) electrons. The Morgan fingerprint density at radius 3 is 2.83 bits per heavy atom. The summed E-state index contributed by atoms with van der Waals surface area (Å²) in [5.41, 5.74) is 6.93. The molecule has 1 atom stereocenters. The normalized spacial score (nSPS) is 11.4. The van der Waals surface area contributed by atoms with E-state index in [0.29, 0.717) is 6.42 Å². The van der Waals surface area contributed by atoms with Gasteiger partial charge in [0.15, 0.2) is 0 Å².